The van der Waals surface area contributed by atoms with Crippen LogP contribution in [0.25, 0.3) is 0 Å². The summed E-state index contributed by atoms with van der Waals surface area (Å²) in [6, 6.07) is 10.9. The van der Waals surface area contributed by atoms with Gasteiger partial charge in [0, 0.05) is 43.4 Å². The Balaban J connectivity index is 1.31. The molecule has 8 heteroatoms. The molecule has 3 heterocycles. The van der Waals surface area contributed by atoms with Gasteiger partial charge in [-0.25, -0.2) is 4.79 Å². The van der Waals surface area contributed by atoms with Crippen LogP contribution in [-0.4, -0.2) is 47.6 Å². The van der Waals surface area contributed by atoms with Crippen molar-refractivity contribution in [3.05, 3.63) is 58.0 Å². The Bertz CT molecular complexity index is 1140. The molecule has 1 aromatic heterocycles. The number of benzene rings is 1. The molecule has 3 amide bonds. The van der Waals surface area contributed by atoms with Crippen LogP contribution in [0.4, 0.5) is 10.5 Å². The first-order valence-corrected chi connectivity index (χ1v) is 12.7. The summed E-state index contributed by atoms with van der Waals surface area (Å²) in [5, 5.41) is 6.27. The molecule has 0 radical (unpaired) electrons. The van der Waals surface area contributed by atoms with Gasteiger partial charge in [0.1, 0.15) is 5.75 Å². The van der Waals surface area contributed by atoms with Gasteiger partial charge < -0.3 is 24.8 Å². The predicted octanol–water partition coefficient (Wildman–Crippen LogP) is 3.50. The summed E-state index contributed by atoms with van der Waals surface area (Å²) in [6.07, 6.45) is 6.84. The van der Waals surface area contributed by atoms with Crippen LogP contribution in [0.15, 0.2) is 41.2 Å². The van der Waals surface area contributed by atoms with Crippen molar-refractivity contribution in [2.75, 3.05) is 25.5 Å². The van der Waals surface area contributed by atoms with Crippen LogP contribution in [0.3, 0.4) is 0 Å². The maximum atomic E-state index is 13.1. The van der Waals surface area contributed by atoms with Gasteiger partial charge in [0.05, 0.1) is 19.2 Å². The number of piperidine rings is 1. The smallest absolute Gasteiger partial charge is 0.317 e. The van der Waals surface area contributed by atoms with Crippen molar-refractivity contribution in [2.24, 2.45) is 5.92 Å². The van der Waals surface area contributed by atoms with Crippen molar-refractivity contribution >= 4 is 17.6 Å². The van der Waals surface area contributed by atoms with Crippen molar-refractivity contribution in [3.63, 3.8) is 0 Å². The van der Waals surface area contributed by atoms with E-state index in [1.807, 2.05) is 29.2 Å². The highest BCUT2D eigenvalue weighted by Crippen LogP contribution is 2.38. The summed E-state index contributed by atoms with van der Waals surface area (Å²) in [4.78, 5) is 40.5. The van der Waals surface area contributed by atoms with E-state index in [2.05, 4.69) is 10.6 Å². The number of ether oxygens (including phenoxy) is 1. The summed E-state index contributed by atoms with van der Waals surface area (Å²) in [5.74, 6) is 0.863. The summed E-state index contributed by atoms with van der Waals surface area (Å²) in [6.45, 7) is 1.79. The zero-order valence-electron chi connectivity index (χ0n) is 20.3. The molecular weight excluding hydrogens is 444 g/mol. The molecule has 3 aliphatic rings. The van der Waals surface area contributed by atoms with Gasteiger partial charge in [-0.05, 0) is 48.9 Å². The number of anilines is 1. The highest BCUT2D eigenvalue weighted by atomic mass is 16.5. The third kappa shape index (κ3) is 5.21. The van der Waals surface area contributed by atoms with Crippen LogP contribution in [0.2, 0.25) is 0 Å². The fourth-order valence-corrected chi connectivity index (χ4v) is 5.92. The van der Waals surface area contributed by atoms with E-state index in [0.717, 1.165) is 36.3 Å². The summed E-state index contributed by atoms with van der Waals surface area (Å²) in [5.41, 5.74) is 2.34. The first-order valence-electron chi connectivity index (χ1n) is 12.7. The molecule has 5 rings (SSSR count). The first-order chi connectivity index (χ1) is 17.0. The number of urea groups is 1. The van der Waals surface area contributed by atoms with E-state index in [9.17, 15) is 14.4 Å². The van der Waals surface area contributed by atoms with E-state index < -0.39 is 0 Å². The number of hydrogen-bond acceptors (Lipinski definition) is 4. The fourth-order valence-electron chi connectivity index (χ4n) is 5.92. The van der Waals surface area contributed by atoms with Crippen molar-refractivity contribution in [1.82, 2.24) is 14.8 Å². The number of methoxy groups -OCH3 is 1. The Hall–Kier alpha value is -3.29. The molecule has 35 heavy (non-hydrogen) atoms. The third-order valence-corrected chi connectivity index (χ3v) is 7.61. The molecule has 2 aromatic rings. The minimum absolute atomic E-state index is 0.00317. The molecule has 0 spiro atoms. The third-order valence-electron chi connectivity index (χ3n) is 7.61. The molecule has 0 unspecified atom stereocenters. The summed E-state index contributed by atoms with van der Waals surface area (Å²) >= 11 is 0. The van der Waals surface area contributed by atoms with Crippen molar-refractivity contribution in [3.8, 4) is 5.75 Å². The largest absolute Gasteiger partial charge is 0.497 e. The normalized spacial score (nSPS) is 21.7. The Kier molecular flexibility index (Phi) is 6.79. The maximum absolute atomic E-state index is 13.1. The topological polar surface area (TPSA) is 92.7 Å². The van der Waals surface area contributed by atoms with E-state index in [1.165, 1.54) is 25.3 Å². The Morgan fingerprint density at radius 1 is 1.00 bits per heavy atom. The van der Waals surface area contributed by atoms with Gasteiger partial charge in [0.25, 0.3) is 5.56 Å². The highest BCUT2D eigenvalue weighted by Gasteiger charge is 2.38. The Labute approximate surface area is 205 Å². The van der Waals surface area contributed by atoms with Crippen molar-refractivity contribution in [1.29, 1.82) is 0 Å². The van der Waals surface area contributed by atoms with E-state index in [0.29, 0.717) is 25.3 Å². The van der Waals surface area contributed by atoms with E-state index >= 15 is 0 Å². The second-order valence-corrected chi connectivity index (χ2v) is 10.1. The van der Waals surface area contributed by atoms with E-state index in [-0.39, 0.29) is 41.8 Å². The van der Waals surface area contributed by atoms with Crippen molar-refractivity contribution < 1.29 is 14.3 Å². The molecule has 2 fully saturated rings. The molecule has 8 nitrogen and oxygen atoms in total. The van der Waals surface area contributed by atoms with Crippen molar-refractivity contribution in [2.45, 2.75) is 63.5 Å². The lowest BCUT2D eigenvalue weighted by Crippen LogP contribution is -2.53. The summed E-state index contributed by atoms with van der Waals surface area (Å²) in [7, 11) is 1.61. The minimum atomic E-state index is -0.138. The SMILES string of the molecule is COc1ccc(CC(=O)Nc2ccc(=O)n3c2[C@@H]2C[C@@H](CN(C(=O)NC4CCCCC4)C2)C3)cc1. The van der Waals surface area contributed by atoms with Crippen LogP contribution in [0.1, 0.15) is 55.7 Å². The van der Waals surface area contributed by atoms with E-state index in [1.54, 1.807) is 17.7 Å². The van der Waals surface area contributed by atoms with Gasteiger partial charge in [-0.1, -0.05) is 31.4 Å². The lowest BCUT2D eigenvalue weighted by Gasteiger charge is -2.43. The number of carbonyl (C=O) groups is 2. The molecule has 1 aromatic carbocycles. The van der Waals surface area contributed by atoms with E-state index in [4.69, 9.17) is 4.74 Å². The number of likely N-dealkylation sites (tertiary alicyclic amines) is 1. The average molecular weight is 479 g/mol. The highest BCUT2D eigenvalue weighted by molar-refractivity contribution is 5.93. The molecule has 2 bridgehead atoms. The van der Waals surface area contributed by atoms with Crippen LogP contribution in [0, 0.1) is 5.92 Å². The minimum Gasteiger partial charge on any atom is -0.497 e. The lowest BCUT2D eigenvalue weighted by molar-refractivity contribution is -0.115. The van der Waals surface area contributed by atoms with Crippen LogP contribution >= 0.6 is 0 Å². The maximum Gasteiger partial charge on any atom is 0.317 e. The monoisotopic (exact) mass is 478 g/mol. The van der Waals surface area contributed by atoms with Gasteiger partial charge in [-0.15, -0.1) is 0 Å². The molecule has 2 N–H and O–H groups in total. The van der Waals surface area contributed by atoms with Gasteiger partial charge in [0.2, 0.25) is 5.91 Å². The standard InChI is InChI=1S/C27H34N4O4/c1-35-22-9-7-18(8-10-22)14-24(32)29-23-11-12-25(33)31-16-19-13-20(26(23)31)17-30(15-19)27(34)28-21-5-3-2-4-6-21/h7-12,19-21H,2-6,13-17H2,1H3,(H,28,34)(H,29,32)/t19-,20+/m0/s1. The molecule has 186 valence electrons. The van der Waals surface area contributed by atoms with Gasteiger partial charge in [-0.2, -0.15) is 0 Å². The average Bonchev–Trinajstić information content (AvgIpc) is 2.86. The van der Waals surface area contributed by atoms with Crippen LogP contribution in [0.5, 0.6) is 5.75 Å². The molecule has 2 aliphatic heterocycles. The lowest BCUT2D eigenvalue weighted by atomic mass is 9.82. The molecule has 1 saturated carbocycles. The number of carbonyl (C=O) groups excluding carboxylic acids is 2. The second-order valence-electron chi connectivity index (χ2n) is 10.1. The number of amides is 3. The quantitative estimate of drug-likeness (QED) is 0.688. The van der Waals surface area contributed by atoms with Gasteiger partial charge >= 0.3 is 6.03 Å². The van der Waals surface area contributed by atoms with Gasteiger partial charge in [0.15, 0.2) is 0 Å². The molecule has 1 saturated heterocycles. The Morgan fingerprint density at radius 2 is 1.77 bits per heavy atom. The zero-order chi connectivity index (χ0) is 24.4. The van der Waals surface area contributed by atoms with Crippen LogP contribution < -0.4 is 20.9 Å². The Morgan fingerprint density at radius 3 is 2.51 bits per heavy atom. The zero-order valence-corrected chi connectivity index (χ0v) is 20.3. The number of hydrogen-bond donors (Lipinski definition) is 2. The molecule has 1 aliphatic carbocycles. The summed E-state index contributed by atoms with van der Waals surface area (Å²) < 4.78 is 6.99. The number of pyridine rings is 1. The van der Waals surface area contributed by atoms with Gasteiger partial charge in [-0.3, -0.25) is 9.59 Å². The van der Waals surface area contributed by atoms with Crippen LogP contribution in [-0.2, 0) is 17.8 Å². The number of rotatable bonds is 5. The number of nitrogens with zero attached hydrogens (tertiary/aromatic N) is 2. The number of nitrogens with one attached hydrogen (secondary N) is 2. The number of aromatic nitrogens is 1. The predicted molar refractivity (Wildman–Crippen MR) is 134 cm³/mol. The molecule has 2 atom stereocenters. The number of fused-ring (bicyclic) bond motifs is 4. The second kappa shape index (κ2) is 10.1. The first kappa shape index (κ1) is 23.5. The molecular formula is C27H34N4O4. The fraction of sp³-hybridized carbons (Fsp3) is 0.519.